The van der Waals surface area contributed by atoms with Gasteiger partial charge < -0.3 is 4.90 Å². The minimum absolute atomic E-state index is 0.149. The zero-order valence-electron chi connectivity index (χ0n) is 13.0. The third-order valence-electron chi connectivity index (χ3n) is 4.40. The molecule has 3 aromatic rings. The van der Waals surface area contributed by atoms with Crippen molar-refractivity contribution in [3.8, 4) is 0 Å². The van der Waals surface area contributed by atoms with Crippen molar-refractivity contribution < 1.29 is 4.79 Å². The van der Waals surface area contributed by atoms with Gasteiger partial charge in [-0.2, -0.15) is 5.10 Å². The number of aryl methyl sites for hydroxylation is 1. The summed E-state index contributed by atoms with van der Waals surface area (Å²) < 4.78 is 0. The first-order chi connectivity index (χ1) is 11.2. The third kappa shape index (κ3) is 2.74. The number of carbonyl (C=O) groups is 1. The van der Waals surface area contributed by atoms with Crippen LogP contribution >= 0.6 is 11.3 Å². The Hall–Kier alpha value is -2.21. The highest BCUT2D eigenvalue weighted by Crippen LogP contribution is 2.28. The van der Waals surface area contributed by atoms with E-state index in [-0.39, 0.29) is 5.91 Å². The normalized spacial score (nSPS) is 18.5. The molecule has 1 saturated heterocycles. The molecule has 4 rings (SSSR count). The van der Waals surface area contributed by atoms with Crippen LogP contribution in [0.15, 0.2) is 30.5 Å². The standard InChI is InChI=1S/C17H18N4OS/c1-11-4-7-15(23-11)17(22)21-8-2-3-13(10-21)14-6-5-12-9-18-20-16(12)19-14/h4-7,9,13H,2-3,8,10H2,1H3,(H,18,19,20). The van der Waals surface area contributed by atoms with Crippen LogP contribution in [0.2, 0.25) is 0 Å². The van der Waals surface area contributed by atoms with Crippen molar-refractivity contribution in [3.63, 3.8) is 0 Å². The Morgan fingerprint density at radius 2 is 2.26 bits per heavy atom. The molecular formula is C17H18N4OS. The number of piperidine rings is 1. The van der Waals surface area contributed by atoms with Crippen molar-refractivity contribution in [1.82, 2.24) is 20.1 Å². The zero-order chi connectivity index (χ0) is 15.8. The third-order valence-corrected chi connectivity index (χ3v) is 5.39. The van der Waals surface area contributed by atoms with E-state index >= 15 is 0 Å². The van der Waals surface area contributed by atoms with Crippen molar-refractivity contribution in [2.24, 2.45) is 0 Å². The van der Waals surface area contributed by atoms with Gasteiger partial charge in [0.15, 0.2) is 5.65 Å². The number of thiophene rings is 1. The van der Waals surface area contributed by atoms with Gasteiger partial charge in [-0.05, 0) is 44.0 Å². The fourth-order valence-corrected chi connectivity index (χ4v) is 4.01. The Balaban J connectivity index is 1.55. The lowest BCUT2D eigenvalue weighted by atomic mass is 9.94. The number of aromatic nitrogens is 3. The molecule has 0 aliphatic carbocycles. The summed E-state index contributed by atoms with van der Waals surface area (Å²) in [6.45, 7) is 3.60. The lowest BCUT2D eigenvalue weighted by molar-refractivity contribution is 0.0711. The van der Waals surface area contributed by atoms with Gasteiger partial charge >= 0.3 is 0 Å². The summed E-state index contributed by atoms with van der Waals surface area (Å²) >= 11 is 1.57. The van der Waals surface area contributed by atoms with Crippen molar-refractivity contribution in [3.05, 3.63) is 45.9 Å². The molecule has 1 atom stereocenters. The maximum Gasteiger partial charge on any atom is 0.263 e. The van der Waals surface area contributed by atoms with Gasteiger partial charge in [0.2, 0.25) is 0 Å². The SMILES string of the molecule is Cc1ccc(C(=O)N2CCCC(c3ccc4cn[nH]c4n3)C2)s1. The van der Waals surface area contributed by atoms with Crippen LogP contribution in [0.4, 0.5) is 0 Å². The number of aromatic amines is 1. The highest BCUT2D eigenvalue weighted by Gasteiger charge is 2.27. The van der Waals surface area contributed by atoms with E-state index in [1.54, 1.807) is 17.5 Å². The maximum atomic E-state index is 12.7. The molecule has 0 spiro atoms. The van der Waals surface area contributed by atoms with Gasteiger partial charge in [0.05, 0.1) is 11.1 Å². The quantitative estimate of drug-likeness (QED) is 0.785. The highest BCUT2D eigenvalue weighted by atomic mass is 32.1. The summed E-state index contributed by atoms with van der Waals surface area (Å²) in [4.78, 5) is 21.3. The fourth-order valence-electron chi connectivity index (χ4n) is 3.18. The lowest BCUT2D eigenvalue weighted by Gasteiger charge is -2.32. The Kier molecular flexibility index (Phi) is 3.61. The predicted octanol–water partition coefficient (Wildman–Crippen LogP) is 3.35. The number of nitrogens with zero attached hydrogens (tertiary/aromatic N) is 3. The summed E-state index contributed by atoms with van der Waals surface area (Å²) in [7, 11) is 0. The second-order valence-electron chi connectivity index (χ2n) is 6.04. The zero-order valence-corrected chi connectivity index (χ0v) is 13.8. The van der Waals surface area contributed by atoms with E-state index < -0.39 is 0 Å². The summed E-state index contributed by atoms with van der Waals surface area (Å²) in [6.07, 6.45) is 3.87. The van der Waals surface area contributed by atoms with Gasteiger partial charge in [-0.15, -0.1) is 11.3 Å². The van der Waals surface area contributed by atoms with Crippen molar-refractivity contribution in [1.29, 1.82) is 0 Å². The largest absolute Gasteiger partial charge is 0.337 e. The molecule has 5 nitrogen and oxygen atoms in total. The molecule has 0 bridgehead atoms. The van der Waals surface area contributed by atoms with Crippen LogP contribution in [0.25, 0.3) is 11.0 Å². The monoisotopic (exact) mass is 326 g/mol. The van der Waals surface area contributed by atoms with E-state index in [2.05, 4.69) is 21.2 Å². The molecule has 0 radical (unpaired) electrons. The highest BCUT2D eigenvalue weighted by molar-refractivity contribution is 7.13. The number of carbonyl (C=O) groups excluding carboxylic acids is 1. The predicted molar refractivity (Wildman–Crippen MR) is 90.8 cm³/mol. The number of nitrogens with one attached hydrogen (secondary N) is 1. The van der Waals surface area contributed by atoms with E-state index in [1.165, 1.54) is 4.88 Å². The Labute approximate surface area is 138 Å². The summed E-state index contributed by atoms with van der Waals surface area (Å²) in [6, 6.07) is 8.05. The second kappa shape index (κ2) is 5.77. The van der Waals surface area contributed by atoms with Gasteiger partial charge in [0, 0.05) is 35.0 Å². The molecular weight excluding hydrogens is 308 g/mol. The molecule has 118 valence electrons. The van der Waals surface area contributed by atoms with Crippen LogP contribution < -0.4 is 0 Å². The number of rotatable bonds is 2. The number of amides is 1. The van der Waals surface area contributed by atoms with E-state index in [0.717, 1.165) is 47.5 Å². The van der Waals surface area contributed by atoms with Crippen LogP contribution in [0.1, 0.15) is 39.0 Å². The Morgan fingerprint density at radius 3 is 3.09 bits per heavy atom. The molecule has 0 saturated carbocycles. The van der Waals surface area contributed by atoms with Gasteiger partial charge in [-0.1, -0.05) is 0 Å². The average Bonchev–Trinajstić information content (AvgIpc) is 3.22. The minimum atomic E-state index is 0.149. The number of hydrogen-bond acceptors (Lipinski definition) is 4. The van der Waals surface area contributed by atoms with E-state index in [1.807, 2.05) is 30.0 Å². The lowest BCUT2D eigenvalue weighted by Crippen LogP contribution is -2.39. The Morgan fingerprint density at radius 1 is 1.35 bits per heavy atom. The topological polar surface area (TPSA) is 61.9 Å². The number of H-pyrrole nitrogens is 1. The van der Waals surface area contributed by atoms with E-state index in [4.69, 9.17) is 0 Å². The smallest absolute Gasteiger partial charge is 0.263 e. The molecule has 3 aromatic heterocycles. The molecule has 4 heterocycles. The molecule has 1 aliphatic rings. The number of likely N-dealkylation sites (tertiary alicyclic amines) is 1. The first-order valence-electron chi connectivity index (χ1n) is 7.86. The molecule has 6 heteroatoms. The van der Waals surface area contributed by atoms with Gasteiger partial charge in [-0.25, -0.2) is 4.98 Å². The molecule has 1 amide bonds. The molecule has 0 aromatic carbocycles. The first kappa shape index (κ1) is 14.4. The number of hydrogen-bond donors (Lipinski definition) is 1. The molecule has 1 N–H and O–H groups in total. The summed E-state index contributed by atoms with van der Waals surface area (Å²) in [5.41, 5.74) is 1.86. The summed E-state index contributed by atoms with van der Waals surface area (Å²) in [5, 5.41) is 7.96. The fraction of sp³-hybridized carbons (Fsp3) is 0.353. The molecule has 1 unspecified atom stereocenters. The van der Waals surface area contributed by atoms with Crippen LogP contribution in [0.3, 0.4) is 0 Å². The van der Waals surface area contributed by atoms with Crippen LogP contribution in [0.5, 0.6) is 0 Å². The van der Waals surface area contributed by atoms with Gasteiger partial charge in [-0.3, -0.25) is 9.89 Å². The number of pyridine rings is 1. The molecule has 23 heavy (non-hydrogen) atoms. The van der Waals surface area contributed by atoms with Crippen molar-refractivity contribution >= 4 is 28.3 Å². The van der Waals surface area contributed by atoms with E-state index in [0.29, 0.717) is 5.92 Å². The second-order valence-corrected chi connectivity index (χ2v) is 7.33. The van der Waals surface area contributed by atoms with Crippen LogP contribution in [-0.4, -0.2) is 39.1 Å². The van der Waals surface area contributed by atoms with Crippen molar-refractivity contribution in [2.75, 3.05) is 13.1 Å². The van der Waals surface area contributed by atoms with E-state index in [9.17, 15) is 4.79 Å². The number of fused-ring (bicyclic) bond motifs is 1. The minimum Gasteiger partial charge on any atom is -0.337 e. The van der Waals surface area contributed by atoms with Crippen molar-refractivity contribution in [2.45, 2.75) is 25.7 Å². The molecule has 1 aliphatic heterocycles. The Bertz CT molecular complexity index is 853. The summed E-state index contributed by atoms with van der Waals surface area (Å²) in [5.74, 6) is 0.442. The van der Waals surface area contributed by atoms with Crippen LogP contribution in [0, 0.1) is 6.92 Å². The average molecular weight is 326 g/mol. The maximum absolute atomic E-state index is 12.7. The van der Waals surface area contributed by atoms with Gasteiger partial charge in [0.25, 0.3) is 5.91 Å². The first-order valence-corrected chi connectivity index (χ1v) is 8.68. The van der Waals surface area contributed by atoms with Gasteiger partial charge in [0.1, 0.15) is 0 Å². The molecule has 1 fully saturated rings. The van der Waals surface area contributed by atoms with Crippen LogP contribution in [-0.2, 0) is 0 Å².